The third-order valence-electron chi connectivity index (χ3n) is 9.77. The third kappa shape index (κ3) is 2.67. The third-order valence-corrected chi connectivity index (χ3v) is 9.77. The van der Waals surface area contributed by atoms with Gasteiger partial charge >= 0.3 is 5.97 Å². The monoisotopic (exact) mass is 416 g/mol. The van der Waals surface area contributed by atoms with Crippen molar-refractivity contribution in [3.8, 4) is 0 Å². The summed E-state index contributed by atoms with van der Waals surface area (Å²) < 4.78 is 16.9. The zero-order chi connectivity index (χ0) is 21.3. The van der Waals surface area contributed by atoms with Gasteiger partial charge in [-0.05, 0) is 61.7 Å². The second kappa shape index (κ2) is 6.90. The van der Waals surface area contributed by atoms with Gasteiger partial charge in [0, 0.05) is 32.3 Å². The number of esters is 1. The van der Waals surface area contributed by atoms with Crippen LogP contribution in [-0.2, 0) is 23.8 Å². The Labute approximate surface area is 179 Å². The molecule has 0 N–H and O–H groups in total. The molecule has 0 aromatic carbocycles. The number of methoxy groups -OCH3 is 1. The quantitative estimate of drug-likeness (QED) is 0.381. The van der Waals surface area contributed by atoms with Gasteiger partial charge in [-0.2, -0.15) is 0 Å². The Kier molecular flexibility index (Phi) is 4.76. The number of hydrogen-bond donors (Lipinski definition) is 0. The minimum atomic E-state index is -0.543. The van der Waals surface area contributed by atoms with Crippen LogP contribution < -0.4 is 0 Å². The minimum Gasteiger partial charge on any atom is -0.462 e. The fourth-order valence-corrected chi connectivity index (χ4v) is 8.26. The molecule has 0 unspecified atom stereocenters. The van der Waals surface area contributed by atoms with E-state index < -0.39 is 5.60 Å². The van der Waals surface area contributed by atoms with Crippen LogP contribution in [0.5, 0.6) is 0 Å². The van der Waals surface area contributed by atoms with E-state index in [0.717, 1.165) is 38.5 Å². The molecular formula is C25H36O5. The average Bonchev–Trinajstić information content (AvgIpc) is 3.38. The van der Waals surface area contributed by atoms with Gasteiger partial charge in [0.15, 0.2) is 11.4 Å². The van der Waals surface area contributed by atoms with Crippen molar-refractivity contribution in [2.45, 2.75) is 89.9 Å². The number of hydrogen-bond acceptors (Lipinski definition) is 5. The van der Waals surface area contributed by atoms with Gasteiger partial charge in [0.2, 0.25) is 0 Å². The van der Waals surface area contributed by atoms with Crippen molar-refractivity contribution in [3.05, 3.63) is 11.6 Å². The number of carbonyl (C=O) groups excluding carboxylic acids is 2. The number of ether oxygens (including phenoxy) is 3. The zero-order valence-corrected chi connectivity index (χ0v) is 18.9. The zero-order valence-electron chi connectivity index (χ0n) is 18.9. The molecule has 0 bridgehead atoms. The Morgan fingerprint density at radius 3 is 2.73 bits per heavy atom. The van der Waals surface area contributed by atoms with Crippen molar-refractivity contribution in [1.82, 2.24) is 0 Å². The highest BCUT2D eigenvalue weighted by Gasteiger charge is 2.79. The van der Waals surface area contributed by atoms with Crippen molar-refractivity contribution >= 4 is 11.8 Å². The second-order valence-electron chi connectivity index (χ2n) is 10.9. The summed E-state index contributed by atoms with van der Waals surface area (Å²) in [5.41, 5.74) is 1.14. The molecule has 1 heterocycles. The normalized spacial score (nSPS) is 48.5. The Hall–Kier alpha value is -1.20. The highest BCUT2D eigenvalue weighted by Crippen LogP contribution is 2.73. The van der Waals surface area contributed by atoms with E-state index >= 15 is 0 Å². The van der Waals surface area contributed by atoms with Crippen molar-refractivity contribution in [2.24, 2.45) is 28.6 Å². The number of carbonyl (C=O) groups is 2. The van der Waals surface area contributed by atoms with Crippen molar-refractivity contribution in [3.63, 3.8) is 0 Å². The van der Waals surface area contributed by atoms with Crippen LogP contribution in [-0.4, -0.2) is 43.3 Å². The minimum absolute atomic E-state index is 0.0414. The topological polar surface area (TPSA) is 65.1 Å². The molecule has 8 atom stereocenters. The van der Waals surface area contributed by atoms with Gasteiger partial charge < -0.3 is 14.2 Å². The Morgan fingerprint density at radius 1 is 1.20 bits per heavy atom. The molecule has 30 heavy (non-hydrogen) atoms. The molecule has 5 nitrogen and oxygen atoms in total. The summed E-state index contributed by atoms with van der Waals surface area (Å²) in [6.07, 6.45) is 10.4. The molecule has 1 saturated heterocycles. The van der Waals surface area contributed by atoms with Gasteiger partial charge in [-0.3, -0.25) is 9.59 Å². The molecular weight excluding hydrogens is 380 g/mol. The van der Waals surface area contributed by atoms with E-state index in [9.17, 15) is 9.59 Å². The predicted octanol–water partition coefficient (Wildman–Crippen LogP) is 4.23. The highest BCUT2D eigenvalue weighted by molar-refractivity contribution is 5.92. The molecule has 0 spiro atoms. The molecule has 1 aliphatic heterocycles. The van der Waals surface area contributed by atoms with Crippen LogP contribution >= 0.6 is 0 Å². The fourth-order valence-electron chi connectivity index (χ4n) is 8.26. The summed E-state index contributed by atoms with van der Waals surface area (Å²) in [5.74, 6) is 1.95. The van der Waals surface area contributed by atoms with Crippen LogP contribution in [0.4, 0.5) is 0 Å². The van der Waals surface area contributed by atoms with Gasteiger partial charge in [0.05, 0.1) is 12.7 Å². The van der Waals surface area contributed by atoms with Crippen LogP contribution in [0.25, 0.3) is 0 Å². The SMILES string of the molecule is COCCC(=O)[C@@]12O[C@@H]1C[C@@H]1[C@@H]3CC=C4C[C@@H](OC(C)=O)CC[C@]4(C)[C@@H]3CC[C@@]12C. The maximum atomic E-state index is 13.1. The number of fused-ring (bicyclic) bond motifs is 7. The van der Waals surface area contributed by atoms with E-state index in [1.807, 2.05) is 0 Å². The van der Waals surface area contributed by atoms with Crippen molar-refractivity contribution < 1.29 is 23.8 Å². The fraction of sp³-hybridized carbons (Fsp3) is 0.840. The number of epoxide rings is 1. The van der Waals surface area contributed by atoms with E-state index in [4.69, 9.17) is 14.2 Å². The van der Waals surface area contributed by atoms with Crippen LogP contribution in [0, 0.1) is 28.6 Å². The lowest BCUT2D eigenvalue weighted by atomic mass is 9.47. The van der Waals surface area contributed by atoms with Gasteiger partial charge in [-0.15, -0.1) is 0 Å². The number of ketones is 1. The summed E-state index contributed by atoms with van der Waals surface area (Å²) in [5, 5.41) is 0. The van der Waals surface area contributed by atoms with Gasteiger partial charge in [-0.1, -0.05) is 25.5 Å². The molecule has 5 heteroatoms. The first-order valence-corrected chi connectivity index (χ1v) is 11.8. The first-order chi connectivity index (χ1) is 14.3. The highest BCUT2D eigenvalue weighted by atomic mass is 16.6. The lowest BCUT2D eigenvalue weighted by molar-refractivity contribution is -0.149. The molecule has 5 aliphatic rings. The average molecular weight is 417 g/mol. The first-order valence-electron chi connectivity index (χ1n) is 11.8. The van der Waals surface area contributed by atoms with E-state index in [1.54, 1.807) is 7.11 Å². The first kappa shape index (κ1) is 20.7. The Balaban J connectivity index is 1.38. The van der Waals surface area contributed by atoms with E-state index in [1.165, 1.54) is 18.9 Å². The summed E-state index contributed by atoms with van der Waals surface area (Å²) in [7, 11) is 1.66. The summed E-state index contributed by atoms with van der Waals surface area (Å²) in [4.78, 5) is 24.6. The smallest absolute Gasteiger partial charge is 0.302 e. The van der Waals surface area contributed by atoms with Crippen LogP contribution in [0.2, 0.25) is 0 Å². The maximum absolute atomic E-state index is 13.1. The molecule has 0 aromatic rings. The Bertz CT molecular complexity index is 788. The van der Waals surface area contributed by atoms with Gasteiger partial charge in [0.25, 0.3) is 0 Å². The van der Waals surface area contributed by atoms with Crippen molar-refractivity contribution in [2.75, 3.05) is 13.7 Å². The van der Waals surface area contributed by atoms with E-state index in [-0.39, 0.29) is 34.8 Å². The van der Waals surface area contributed by atoms with Crippen LogP contribution in [0.15, 0.2) is 11.6 Å². The molecule has 4 aliphatic carbocycles. The molecule has 166 valence electrons. The lowest BCUT2D eigenvalue weighted by Gasteiger charge is -2.58. The number of allylic oxidation sites excluding steroid dienone is 1. The largest absolute Gasteiger partial charge is 0.462 e. The second-order valence-corrected chi connectivity index (χ2v) is 10.9. The van der Waals surface area contributed by atoms with E-state index in [0.29, 0.717) is 30.8 Å². The molecule has 0 amide bonds. The molecule has 0 radical (unpaired) electrons. The summed E-state index contributed by atoms with van der Waals surface area (Å²) in [6.45, 7) is 6.79. The number of Topliss-reactive ketones (excluding diaryl/α,β-unsaturated/α-hetero) is 1. The van der Waals surface area contributed by atoms with Gasteiger partial charge in [-0.25, -0.2) is 0 Å². The molecule has 5 rings (SSSR count). The summed E-state index contributed by atoms with van der Waals surface area (Å²) >= 11 is 0. The van der Waals surface area contributed by atoms with Gasteiger partial charge in [0.1, 0.15) is 6.10 Å². The predicted molar refractivity (Wildman–Crippen MR) is 112 cm³/mol. The molecule has 0 aromatic heterocycles. The molecule has 3 saturated carbocycles. The van der Waals surface area contributed by atoms with Crippen LogP contribution in [0.1, 0.15) is 72.1 Å². The van der Waals surface area contributed by atoms with Crippen molar-refractivity contribution in [1.29, 1.82) is 0 Å². The number of rotatable bonds is 5. The lowest BCUT2D eigenvalue weighted by Crippen LogP contribution is -2.54. The van der Waals surface area contributed by atoms with E-state index in [2.05, 4.69) is 19.9 Å². The molecule has 4 fully saturated rings. The van der Waals surface area contributed by atoms with Crippen LogP contribution in [0.3, 0.4) is 0 Å². The summed E-state index contributed by atoms with van der Waals surface area (Å²) in [6, 6.07) is 0. The Morgan fingerprint density at radius 2 is 2.00 bits per heavy atom. The maximum Gasteiger partial charge on any atom is 0.302 e. The standard InChI is InChI=1S/C25H36O5/c1-15(26)29-17-7-10-23(2)16(13-17)5-6-18-19(23)8-11-24(3)20(18)14-22-25(24,30-22)21(27)9-12-28-4/h5,17-20,22H,6-14H2,1-4H3/t17-,18+,19+,20+,22+,23-,24-,25+/m0/s1.